The number of aliphatic hydroxyl groups excluding tert-OH is 1. The maximum Gasteiger partial charge on any atom is 0.311 e. The first-order valence-corrected chi connectivity index (χ1v) is 16.3. The van der Waals surface area contributed by atoms with Crippen LogP contribution in [-0.2, 0) is 19.1 Å². The molecule has 3 aliphatic rings. The van der Waals surface area contributed by atoms with E-state index < -0.39 is 22.6 Å². The van der Waals surface area contributed by atoms with Gasteiger partial charge in [-0.15, -0.1) is 18.3 Å². The quantitative estimate of drug-likeness (QED) is 0.168. The Morgan fingerprint density at radius 3 is 2.38 bits per heavy atom. The normalized spacial score (nSPS) is 27.6. The van der Waals surface area contributed by atoms with Gasteiger partial charge in [-0.2, -0.15) is 0 Å². The van der Waals surface area contributed by atoms with E-state index in [0.717, 1.165) is 50.1 Å². The Balaban J connectivity index is 1.71. The van der Waals surface area contributed by atoms with Gasteiger partial charge < -0.3 is 24.5 Å². The molecule has 0 saturated carbocycles. The lowest BCUT2D eigenvalue weighted by Crippen LogP contribution is -2.57. The molecule has 230 valence electrons. The molecular formula is C33H47N3O5S. The van der Waals surface area contributed by atoms with Crippen LogP contribution in [0.15, 0.2) is 49.6 Å². The highest BCUT2D eigenvalue weighted by Gasteiger charge is 2.76. The average Bonchev–Trinajstić information content (AvgIpc) is 3.59. The zero-order valence-corrected chi connectivity index (χ0v) is 26.2. The van der Waals surface area contributed by atoms with Crippen molar-refractivity contribution in [3.8, 4) is 0 Å². The lowest BCUT2D eigenvalue weighted by molar-refractivity contribution is -0.153. The molecular weight excluding hydrogens is 550 g/mol. The van der Waals surface area contributed by atoms with E-state index in [2.05, 4.69) is 38.8 Å². The molecule has 1 aromatic carbocycles. The van der Waals surface area contributed by atoms with E-state index in [-0.39, 0.29) is 42.2 Å². The third-order valence-corrected chi connectivity index (χ3v) is 11.3. The minimum atomic E-state index is -0.706. The predicted octanol–water partition coefficient (Wildman–Crippen LogP) is 4.67. The number of rotatable bonds is 16. The number of anilines is 2. The number of ether oxygens (including phenoxy) is 1. The molecule has 0 aromatic heterocycles. The molecule has 6 atom stereocenters. The second-order valence-corrected chi connectivity index (χ2v) is 13.1. The summed E-state index contributed by atoms with van der Waals surface area (Å²) >= 11 is 1.66. The number of likely N-dealkylation sites (tertiary alicyclic amines) is 1. The van der Waals surface area contributed by atoms with Crippen molar-refractivity contribution < 1.29 is 24.2 Å². The van der Waals surface area contributed by atoms with Crippen LogP contribution in [0.2, 0.25) is 0 Å². The Labute approximate surface area is 255 Å². The molecule has 2 amide bonds. The summed E-state index contributed by atoms with van der Waals surface area (Å²) in [5.41, 5.74) is 1.85. The fraction of sp³-hybridized carbons (Fsp3) is 0.606. The van der Waals surface area contributed by atoms with E-state index >= 15 is 0 Å². The second-order valence-electron chi connectivity index (χ2n) is 11.6. The molecule has 2 bridgehead atoms. The highest BCUT2D eigenvalue weighted by Crippen LogP contribution is 2.68. The number of esters is 1. The maximum absolute atomic E-state index is 14.8. The molecule has 0 radical (unpaired) electrons. The minimum Gasteiger partial charge on any atom is -0.461 e. The standard InChI is InChI=1S/C33H47N3O5S/c1-6-18-35(25-16-14-24(15-17-25)34(8-3)9-4)31(39)29-33-23(5)22-26(42-33)27(32(40)41-21-7-2)28(33)30(38)36(29)19-12-10-11-13-20-37/h6-7,14-17,23,26-29,37H,1-2,8-13,18-22H2,3-5H3/t23?,26-,27+,28+,29?,33?/m1/s1. The van der Waals surface area contributed by atoms with Gasteiger partial charge in [-0.05, 0) is 63.3 Å². The lowest BCUT2D eigenvalue weighted by atomic mass is 9.66. The predicted molar refractivity (Wildman–Crippen MR) is 170 cm³/mol. The number of unbranched alkanes of at least 4 members (excludes halogenated alkanes) is 3. The Hall–Kier alpha value is -2.78. The zero-order chi connectivity index (χ0) is 30.4. The molecule has 1 spiro atoms. The number of hydrogen-bond acceptors (Lipinski definition) is 7. The molecule has 3 aliphatic heterocycles. The molecule has 3 saturated heterocycles. The number of nitrogens with zero attached hydrogens (tertiary/aromatic N) is 3. The maximum atomic E-state index is 14.8. The fourth-order valence-electron chi connectivity index (χ4n) is 7.32. The Morgan fingerprint density at radius 1 is 1.10 bits per heavy atom. The Morgan fingerprint density at radius 2 is 1.76 bits per heavy atom. The monoisotopic (exact) mass is 597 g/mol. The average molecular weight is 598 g/mol. The highest BCUT2D eigenvalue weighted by atomic mass is 32.2. The first-order chi connectivity index (χ1) is 20.3. The van der Waals surface area contributed by atoms with Gasteiger partial charge in [-0.1, -0.05) is 38.5 Å². The van der Waals surface area contributed by atoms with Gasteiger partial charge in [0.25, 0.3) is 5.91 Å². The van der Waals surface area contributed by atoms with Gasteiger partial charge in [0.2, 0.25) is 5.91 Å². The summed E-state index contributed by atoms with van der Waals surface area (Å²) in [5.74, 6) is -1.71. The van der Waals surface area contributed by atoms with Crippen LogP contribution in [0.3, 0.4) is 0 Å². The lowest BCUT2D eigenvalue weighted by Gasteiger charge is -2.40. The van der Waals surface area contributed by atoms with E-state index in [4.69, 9.17) is 4.74 Å². The topological polar surface area (TPSA) is 90.4 Å². The summed E-state index contributed by atoms with van der Waals surface area (Å²) in [7, 11) is 0. The van der Waals surface area contributed by atoms with Crippen molar-refractivity contribution in [2.45, 2.75) is 68.9 Å². The summed E-state index contributed by atoms with van der Waals surface area (Å²) in [4.78, 5) is 48.1. The molecule has 3 heterocycles. The van der Waals surface area contributed by atoms with Gasteiger partial charge in [-0.25, -0.2) is 0 Å². The van der Waals surface area contributed by atoms with Crippen molar-refractivity contribution >= 4 is 40.9 Å². The fourth-order valence-corrected chi connectivity index (χ4v) is 9.73. The van der Waals surface area contributed by atoms with E-state index in [1.54, 1.807) is 27.6 Å². The number of fused-ring (bicyclic) bond motifs is 1. The van der Waals surface area contributed by atoms with Crippen molar-refractivity contribution in [2.24, 2.45) is 17.8 Å². The summed E-state index contributed by atoms with van der Waals surface area (Å²) in [5, 5.41) is 9.14. The van der Waals surface area contributed by atoms with Crippen LogP contribution >= 0.6 is 11.8 Å². The van der Waals surface area contributed by atoms with Gasteiger partial charge in [-0.3, -0.25) is 14.4 Å². The molecule has 9 heteroatoms. The van der Waals surface area contributed by atoms with Crippen LogP contribution in [0.4, 0.5) is 11.4 Å². The van der Waals surface area contributed by atoms with Crippen molar-refractivity contribution in [3.63, 3.8) is 0 Å². The Kier molecular flexibility index (Phi) is 10.8. The number of aliphatic hydroxyl groups is 1. The summed E-state index contributed by atoms with van der Waals surface area (Å²) in [6, 6.07) is 7.32. The SMILES string of the molecule is C=CCOC(=O)[C@@H]1[C@H]2C(=O)N(CCCCCCO)C(C(=O)N(CC=C)c3ccc(N(CC)CC)cc3)C23S[C@@H]1CC3C. The van der Waals surface area contributed by atoms with E-state index in [0.29, 0.717) is 19.5 Å². The van der Waals surface area contributed by atoms with E-state index in [9.17, 15) is 19.5 Å². The molecule has 3 fully saturated rings. The van der Waals surface area contributed by atoms with Gasteiger partial charge in [0.1, 0.15) is 12.6 Å². The van der Waals surface area contributed by atoms with Crippen LogP contribution in [0, 0.1) is 17.8 Å². The summed E-state index contributed by atoms with van der Waals surface area (Å²) in [6.45, 7) is 16.7. The number of hydrogen-bond donors (Lipinski definition) is 1. The van der Waals surface area contributed by atoms with E-state index in [1.165, 1.54) is 6.08 Å². The first kappa shape index (κ1) is 32.1. The van der Waals surface area contributed by atoms with Gasteiger partial charge in [0.05, 0.1) is 16.6 Å². The number of carbonyl (C=O) groups excluding carboxylic acids is 3. The highest BCUT2D eigenvalue weighted by molar-refractivity contribution is 8.02. The van der Waals surface area contributed by atoms with Crippen LogP contribution in [0.1, 0.15) is 52.9 Å². The molecule has 1 N–H and O–H groups in total. The zero-order valence-electron chi connectivity index (χ0n) is 25.4. The van der Waals surface area contributed by atoms with Crippen molar-refractivity contribution in [3.05, 3.63) is 49.6 Å². The minimum absolute atomic E-state index is 0.0607. The van der Waals surface area contributed by atoms with Crippen LogP contribution in [-0.4, -0.2) is 83.2 Å². The molecule has 42 heavy (non-hydrogen) atoms. The van der Waals surface area contributed by atoms with Crippen LogP contribution in [0.5, 0.6) is 0 Å². The third kappa shape index (κ3) is 5.74. The number of carbonyl (C=O) groups is 3. The van der Waals surface area contributed by atoms with Crippen molar-refractivity contribution in [1.82, 2.24) is 4.90 Å². The molecule has 3 unspecified atom stereocenters. The summed E-state index contributed by atoms with van der Waals surface area (Å²) < 4.78 is 4.79. The molecule has 1 aromatic rings. The number of thioether (sulfide) groups is 1. The van der Waals surface area contributed by atoms with Crippen molar-refractivity contribution in [2.75, 3.05) is 49.2 Å². The smallest absolute Gasteiger partial charge is 0.311 e. The van der Waals surface area contributed by atoms with E-state index in [1.807, 2.05) is 24.3 Å². The number of amides is 2. The van der Waals surface area contributed by atoms with Gasteiger partial charge in [0.15, 0.2) is 0 Å². The second kappa shape index (κ2) is 14.1. The number of benzene rings is 1. The van der Waals surface area contributed by atoms with Gasteiger partial charge >= 0.3 is 5.97 Å². The third-order valence-electron chi connectivity index (χ3n) is 9.27. The van der Waals surface area contributed by atoms with Crippen LogP contribution < -0.4 is 9.80 Å². The van der Waals surface area contributed by atoms with Crippen LogP contribution in [0.25, 0.3) is 0 Å². The van der Waals surface area contributed by atoms with Gasteiger partial charge in [0, 0.05) is 49.4 Å². The molecule has 8 nitrogen and oxygen atoms in total. The largest absolute Gasteiger partial charge is 0.461 e. The molecule has 0 aliphatic carbocycles. The summed E-state index contributed by atoms with van der Waals surface area (Å²) in [6.07, 6.45) is 7.17. The molecule has 4 rings (SSSR count). The first-order valence-electron chi connectivity index (χ1n) is 15.4. The Bertz CT molecular complexity index is 1140. The van der Waals surface area contributed by atoms with Crippen molar-refractivity contribution in [1.29, 1.82) is 0 Å².